The third-order valence-electron chi connectivity index (χ3n) is 2.28. The smallest absolute Gasteiger partial charge is 0.450 e. The standard InChI is InChI=1S/C9H16O4/c1-2-7(13-9(10)11)8-5-3-4-6-12-8/h7-8H,2-6H2,1H3,(H,10,11). The van der Waals surface area contributed by atoms with Gasteiger partial charge in [-0.05, 0) is 25.7 Å². The molecule has 1 fully saturated rings. The van der Waals surface area contributed by atoms with Crippen LogP contribution in [-0.2, 0) is 9.47 Å². The van der Waals surface area contributed by atoms with Gasteiger partial charge in [0, 0.05) is 6.61 Å². The molecule has 1 rings (SSSR count). The molecule has 1 aliphatic heterocycles. The predicted molar refractivity (Wildman–Crippen MR) is 46.8 cm³/mol. The van der Waals surface area contributed by atoms with E-state index in [2.05, 4.69) is 0 Å². The van der Waals surface area contributed by atoms with Crippen molar-refractivity contribution in [2.45, 2.75) is 44.8 Å². The van der Waals surface area contributed by atoms with E-state index in [1.807, 2.05) is 6.92 Å². The fourth-order valence-corrected chi connectivity index (χ4v) is 1.61. The molecule has 1 heterocycles. The van der Waals surface area contributed by atoms with Gasteiger partial charge in [-0.25, -0.2) is 4.79 Å². The summed E-state index contributed by atoms with van der Waals surface area (Å²) in [5.74, 6) is 0. The fourth-order valence-electron chi connectivity index (χ4n) is 1.61. The van der Waals surface area contributed by atoms with E-state index in [0.717, 1.165) is 25.9 Å². The van der Waals surface area contributed by atoms with Crippen LogP contribution in [-0.4, -0.2) is 30.1 Å². The molecule has 2 atom stereocenters. The van der Waals surface area contributed by atoms with E-state index in [0.29, 0.717) is 6.42 Å². The minimum atomic E-state index is -1.21. The van der Waals surface area contributed by atoms with Crippen molar-refractivity contribution < 1.29 is 19.4 Å². The molecule has 1 saturated heterocycles. The van der Waals surface area contributed by atoms with Crippen LogP contribution in [0.4, 0.5) is 4.79 Å². The molecular weight excluding hydrogens is 172 g/mol. The lowest BCUT2D eigenvalue weighted by Crippen LogP contribution is -2.35. The van der Waals surface area contributed by atoms with E-state index in [1.165, 1.54) is 0 Å². The van der Waals surface area contributed by atoms with Crippen LogP contribution in [0.1, 0.15) is 32.6 Å². The maximum Gasteiger partial charge on any atom is 0.506 e. The molecule has 0 bridgehead atoms. The van der Waals surface area contributed by atoms with Gasteiger partial charge < -0.3 is 14.6 Å². The summed E-state index contributed by atoms with van der Waals surface area (Å²) in [6.45, 7) is 2.63. The summed E-state index contributed by atoms with van der Waals surface area (Å²) in [5, 5.41) is 8.47. The van der Waals surface area contributed by atoms with Gasteiger partial charge in [0.15, 0.2) is 0 Å². The third-order valence-corrected chi connectivity index (χ3v) is 2.28. The largest absolute Gasteiger partial charge is 0.506 e. The van der Waals surface area contributed by atoms with E-state index in [4.69, 9.17) is 14.6 Å². The predicted octanol–water partition coefficient (Wildman–Crippen LogP) is 2.03. The zero-order valence-corrected chi connectivity index (χ0v) is 7.86. The first-order chi connectivity index (χ1) is 6.24. The van der Waals surface area contributed by atoms with Crippen molar-refractivity contribution >= 4 is 6.16 Å². The second-order valence-corrected chi connectivity index (χ2v) is 3.24. The van der Waals surface area contributed by atoms with Crippen LogP contribution in [0.15, 0.2) is 0 Å². The highest BCUT2D eigenvalue weighted by Gasteiger charge is 2.26. The monoisotopic (exact) mass is 188 g/mol. The molecule has 0 saturated carbocycles. The van der Waals surface area contributed by atoms with Crippen LogP contribution in [0.2, 0.25) is 0 Å². The molecule has 4 nitrogen and oxygen atoms in total. The Morgan fingerprint density at radius 1 is 1.69 bits per heavy atom. The van der Waals surface area contributed by atoms with Crippen molar-refractivity contribution in [2.24, 2.45) is 0 Å². The van der Waals surface area contributed by atoms with Gasteiger partial charge in [0.2, 0.25) is 0 Å². The number of carbonyl (C=O) groups is 1. The molecule has 76 valence electrons. The Kier molecular flexibility index (Phi) is 4.02. The van der Waals surface area contributed by atoms with E-state index < -0.39 is 6.16 Å². The number of carboxylic acid groups (broad SMARTS) is 1. The summed E-state index contributed by atoms with van der Waals surface area (Å²) in [5.41, 5.74) is 0. The van der Waals surface area contributed by atoms with Crippen molar-refractivity contribution in [3.8, 4) is 0 Å². The quantitative estimate of drug-likeness (QED) is 0.688. The zero-order valence-electron chi connectivity index (χ0n) is 7.86. The number of hydrogen-bond acceptors (Lipinski definition) is 3. The van der Waals surface area contributed by atoms with Crippen LogP contribution in [0.3, 0.4) is 0 Å². The van der Waals surface area contributed by atoms with Gasteiger partial charge in [-0.2, -0.15) is 0 Å². The van der Waals surface area contributed by atoms with E-state index in [1.54, 1.807) is 0 Å². The minimum absolute atomic E-state index is 0.0325. The first-order valence-corrected chi connectivity index (χ1v) is 4.75. The highest BCUT2D eigenvalue weighted by molar-refractivity contribution is 5.57. The Labute approximate surface area is 77.8 Å². The second kappa shape index (κ2) is 5.07. The van der Waals surface area contributed by atoms with Crippen molar-refractivity contribution in [3.05, 3.63) is 0 Å². The minimum Gasteiger partial charge on any atom is -0.450 e. The molecule has 0 radical (unpaired) electrons. The zero-order chi connectivity index (χ0) is 9.68. The maximum atomic E-state index is 10.3. The Morgan fingerprint density at radius 3 is 2.92 bits per heavy atom. The second-order valence-electron chi connectivity index (χ2n) is 3.24. The van der Waals surface area contributed by atoms with Gasteiger partial charge >= 0.3 is 6.16 Å². The molecule has 0 aromatic rings. The maximum absolute atomic E-state index is 10.3. The van der Waals surface area contributed by atoms with Crippen molar-refractivity contribution in [2.75, 3.05) is 6.61 Å². The van der Waals surface area contributed by atoms with E-state index in [9.17, 15) is 4.79 Å². The molecule has 0 aromatic heterocycles. The molecule has 13 heavy (non-hydrogen) atoms. The van der Waals surface area contributed by atoms with Gasteiger partial charge in [-0.3, -0.25) is 0 Å². The lowest BCUT2D eigenvalue weighted by atomic mass is 10.0. The first-order valence-electron chi connectivity index (χ1n) is 4.75. The van der Waals surface area contributed by atoms with Crippen LogP contribution in [0, 0.1) is 0 Å². The number of ether oxygens (including phenoxy) is 2. The van der Waals surface area contributed by atoms with Crippen molar-refractivity contribution in [1.82, 2.24) is 0 Å². The average Bonchev–Trinajstić information content (AvgIpc) is 2.15. The summed E-state index contributed by atoms with van der Waals surface area (Å²) >= 11 is 0. The van der Waals surface area contributed by atoms with E-state index >= 15 is 0 Å². The lowest BCUT2D eigenvalue weighted by molar-refractivity contribution is -0.0766. The summed E-state index contributed by atoms with van der Waals surface area (Å²) in [6.07, 6.45) is 2.22. The van der Waals surface area contributed by atoms with Gasteiger partial charge in [-0.15, -0.1) is 0 Å². The van der Waals surface area contributed by atoms with Gasteiger partial charge in [-0.1, -0.05) is 6.92 Å². The lowest BCUT2D eigenvalue weighted by Gasteiger charge is -2.28. The highest BCUT2D eigenvalue weighted by atomic mass is 16.7. The topological polar surface area (TPSA) is 55.8 Å². The molecule has 1 N–H and O–H groups in total. The third kappa shape index (κ3) is 3.22. The summed E-state index contributed by atoms with van der Waals surface area (Å²) in [4.78, 5) is 10.3. The Balaban J connectivity index is 2.39. The normalized spacial score (nSPS) is 25.2. The molecule has 1 aliphatic rings. The van der Waals surface area contributed by atoms with Crippen LogP contribution in [0.25, 0.3) is 0 Å². The summed E-state index contributed by atoms with van der Waals surface area (Å²) < 4.78 is 10.2. The van der Waals surface area contributed by atoms with Crippen LogP contribution >= 0.6 is 0 Å². The van der Waals surface area contributed by atoms with Gasteiger partial charge in [0.1, 0.15) is 6.10 Å². The first kappa shape index (κ1) is 10.3. The van der Waals surface area contributed by atoms with Gasteiger partial charge in [0.05, 0.1) is 6.10 Å². The van der Waals surface area contributed by atoms with Gasteiger partial charge in [0.25, 0.3) is 0 Å². The Hall–Kier alpha value is -0.770. The molecule has 0 spiro atoms. The average molecular weight is 188 g/mol. The SMILES string of the molecule is CCC(OC(=O)O)C1CCCCO1. The number of hydrogen-bond donors (Lipinski definition) is 1. The molecule has 0 aliphatic carbocycles. The van der Waals surface area contributed by atoms with E-state index in [-0.39, 0.29) is 12.2 Å². The summed E-state index contributed by atoms with van der Waals surface area (Å²) in [7, 11) is 0. The molecule has 0 amide bonds. The van der Waals surface area contributed by atoms with Crippen molar-refractivity contribution in [3.63, 3.8) is 0 Å². The van der Waals surface area contributed by atoms with Crippen LogP contribution in [0.5, 0.6) is 0 Å². The summed E-state index contributed by atoms with van der Waals surface area (Å²) in [6, 6.07) is 0. The van der Waals surface area contributed by atoms with Crippen LogP contribution < -0.4 is 0 Å². The Morgan fingerprint density at radius 2 is 2.46 bits per heavy atom. The molecular formula is C9H16O4. The fraction of sp³-hybridized carbons (Fsp3) is 0.889. The Bertz CT molecular complexity index is 163. The number of rotatable bonds is 3. The highest BCUT2D eigenvalue weighted by Crippen LogP contribution is 2.19. The molecule has 0 aromatic carbocycles. The van der Waals surface area contributed by atoms with Crippen molar-refractivity contribution in [1.29, 1.82) is 0 Å². The molecule has 2 unspecified atom stereocenters. The molecule has 4 heteroatoms.